The smallest absolute Gasteiger partial charge is 0.260 e. The van der Waals surface area contributed by atoms with Gasteiger partial charge in [0.25, 0.3) is 5.91 Å². The van der Waals surface area contributed by atoms with Crippen LogP contribution in [-0.4, -0.2) is 53.8 Å². The van der Waals surface area contributed by atoms with Gasteiger partial charge in [-0.1, -0.05) is 72.3 Å². The highest BCUT2D eigenvalue weighted by atomic mass is 16.5. The van der Waals surface area contributed by atoms with Gasteiger partial charge >= 0.3 is 0 Å². The number of benzene rings is 4. The van der Waals surface area contributed by atoms with Crippen LogP contribution in [0.2, 0.25) is 0 Å². The molecule has 0 unspecified atom stereocenters. The maximum absolute atomic E-state index is 12.7. The quantitative estimate of drug-likeness (QED) is 0.276. The molecule has 4 aromatic carbocycles. The van der Waals surface area contributed by atoms with Crippen LogP contribution < -0.4 is 15.0 Å². The van der Waals surface area contributed by atoms with Gasteiger partial charge in [0.15, 0.2) is 12.4 Å². The number of aromatic nitrogens is 2. The summed E-state index contributed by atoms with van der Waals surface area (Å²) in [7, 11) is 0. The number of anilines is 3. The van der Waals surface area contributed by atoms with Crippen molar-refractivity contribution in [3.05, 3.63) is 109 Å². The molecule has 0 saturated carbocycles. The number of hydrogen-bond donors (Lipinski definition) is 1. The van der Waals surface area contributed by atoms with Crippen molar-refractivity contribution in [1.29, 1.82) is 0 Å². The third kappa shape index (κ3) is 5.59. The second-order valence-corrected chi connectivity index (χ2v) is 9.95. The molecule has 1 aliphatic heterocycles. The van der Waals surface area contributed by atoms with Gasteiger partial charge in [-0.25, -0.2) is 0 Å². The van der Waals surface area contributed by atoms with E-state index in [1.165, 1.54) is 11.3 Å². The Hall–Kier alpha value is -4.91. The second kappa shape index (κ2) is 11.5. The Morgan fingerprint density at radius 3 is 2.17 bits per heavy atom. The fourth-order valence-corrected chi connectivity index (χ4v) is 4.98. The van der Waals surface area contributed by atoms with Gasteiger partial charge in [0.1, 0.15) is 11.4 Å². The van der Waals surface area contributed by atoms with Crippen molar-refractivity contribution in [2.45, 2.75) is 6.92 Å². The monoisotopic (exact) mass is 529 g/mol. The fourth-order valence-electron chi connectivity index (χ4n) is 4.98. The van der Waals surface area contributed by atoms with E-state index in [9.17, 15) is 4.79 Å². The van der Waals surface area contributed by atoms with Gasteiger partial charge in [0.2, 0.25) is 0 Å². The van der Waals surface area contributed by atoms with Crippen molar-refractivity contribution in [2.75, 3.05) is 43.0 Å². The highest BCUT2D eigenvalue weighted by Gasteiger charge is 2.21. The molecule has 5 aromatic rings. The van der Waals surface area contributed by atoms with Crippen LogP contribution in [0, 0.1) is 6.92 Å². The predicted octanol–water partition coefficient (Wildman–Crippen LogP) is 6.08. The summed E-state index contributed by atoms with van der Waals surface area (Å²) in [4.78, 5) is 16.9. The van der Waals surface area contributed by atoms with Crippen molar-refractivity contribution in [2.24, 2.45) is 0 Å². The zero-order chi connectivity index (χ0) is 27.3. The van der Waals surface area contributed by atoms with Gasteiger partial charge in [-0.2, -0.15) is 0 Å². The molecule has 1 aliphatic rings. The van der Waals surface area contributed by atoms with Gasteiger partial charge in [-0.05, 0) is 43.3 Å². The summed E-state index contributed by atoms with van der Waals surface area (Å²) in [5.41, 5.74) is 5.16. The summed E-state index contributed by atoms with van der Waals surface area (Å²) in [6.45, 7) is 5.12. The molecule has 0 radical (unpaired) electrons. The zero-order valence-corrected chi connectivity index (χ0v) is 22.5. The third-order valence-corrected chi connectivity index (χ3v) is 7.25. The van der Waals surface area contributed by atoms with Crippen LogP contribution in [0.25, 0.3) is 22.0 Å². The number of nitrogens with zero attached hydrogens (tertiary/aromatic N) is 4. The van der Waals surface area contributed by atoms with E-state index in [1.54, 1.807) is 0 Å². The Bertz CT molecular complexity index is 1600. The summed E-state index contributed by atoms with van der Waals surface area (Å²) < 4.78 is 5.82. The van der Waals surface area contributed by atoms with E-state index in [0.717, 1.165) is 40.8 Å². The van der Waals surface area contributed by atoms with Crippen molar-refractivity contribution < 1.29 is 9.53 Å². The van der Waals surface area contributed by atoms with E-state index < -0.39 is 0 Å². The number of ether oxygens (including phenoxy) is 1. The summed E-state index contributed by atoms with van der Waals surface area (Å²) in [6, 6.07) is 34.3. The first-order valence-corrected chi connectivity index (χ1v) is 13.5. The average molecular weight is 530 g/mol. The Labute approximate surface area is 234 Å². The molecule has 0 spiro atoms. The standard InChI is InChI=1S/C33H31N5O2/c1-24-11-13-25(14-12-24)32-29-9-5-6-10-30(29)33(36-35-32)34-26-15-17-28(18-16-26)40-23-31(39)38-21-19-37(20-22-38)27-7-3-2-4-8-27/h2-18H,19-23H2,1H3,(H,34,36). The van der Waals surface area contributed by atoms with Crippen LogP contribution in [0.1, 0.15) is 5.56 Å². The van der Waals surface area contributed by atoms with E-state index in [2.05, 4.69) is 69.8 Å². The molecule has 7 nitrogen and oxygen atoms in total. The van der Waals surface area contributed by atoms with Gasteiger partial charge in [0, 0.05) is 53.9 Å². The van der Waals surface area contributed by atoms with Gasteiger partial charge in [-0.3, -0.25) is 4.79 Å². The molecular weight excluding hydrogens is 498 g/mol. The van der Waals surface area contributed by atoms with E-state index >= 15 is 0 Å². The number of rotatable bonds is 7. The Morgan fingerprint density at radius 1 is 0.775 bits per heavy atom. The minimum Gasteiger partial charge on any atom is -0.484 e. The Balaban J connectivity index is 1.07. The van der Waals surface area contributed by atoms with Crippen LogP contribution in [0.3, 0.4) is 0 Å². The number of carbonyl (C=O) groups excluding carboxylic acids is 1. The van der Waals surface area contributed by atoms with Gasteiger partial charge in [-0.15, -0.1) is 10.2 Å². The molecule has 1 fully saturated rings. The lowest BCUT2D eigenvalue weighted by Gasteiger charge is -2.36. The molecule has 1 aromatic heterocycles. The molecule has 2 heterocycles. The highest BCUT2D eigenvalue weighted by molar-refractivity contribution is 6.00. The van der Waals surface area contributed by atoms with Gasteiger partial charge < -0.3 is 19.9 Å². The lowest BCUT2D eigenvalue weighted by atomic mass is 10.0. The van der Waals surface area contributed by atoms with Crippen LogP contribution in [0.5, 0.6) is 5.75 Å². The van der Waals surface area contributed by atoms with Crippen LogP contribution >= 0.6 is 0 Å². The summed E-state index contributed by atoms with van der Waals surface area (Å²) in [5, 5.41) is 14.5. The number of amides is 1. The van der Waals surface area contributed by atoms with E-state index in [-0.39, 0.29) is 12.5 Å². The van der Waals surface area contributed by atoms with Crippen molar-refractivity contribution >= 4 is 33.9 Å². The number of carbonyl (C=O) groups is 1. The number of aryl methyl sites for hydroxylation is 1. The number of hydrogen-bond acceptors (Lipinski definition) is 6. The molecule has 200 valence electrons. The first-order chi connectivity index (χ1) is 19.6. The Kier molecular flexibility index (Phi) is 7.26. The first kappa shape index (κ1) is 25.4. The molecule has 0 aliphatic carbocycles. The molecule has 6 rings (SSSR count). The van der Waals surface area contributed by atoms with Crippen LogP contribution in [0.4, 0.5) is 17.2 Å². The van der Waals surface area contributed by atoms with Gasteiger partial charge in [0.05, 0.1) is 0 Å². The molecule has 1 amide bonds. The fraction of sp³-hybridized carbons (Fsp3) is 0.182. The van der Waals surface area contributed by atoms with Crippen molar-refractivity contribution in [1.82, 2.24) is 15.1 Å². The third-order valence-electron chi connectivity index (χ3n) is 7.25. The second-order valence-electron chi connectivity index (χ2n) is 9.95. The van der Waals surface area contributed by atoms with E-state index in [1.807, 2.05) is 65.6 Å². The normalized spacial score (nSPS) is 13.3. The molecule has 1 N–H and O–H groups in total. The molecule has 40 heavy (non-hydrogen) atoms. The summed E-state index contributed by atoms with van der Waals surface area (Å²) >= 11 is 0. The largest absolute Gasteiger partial charge is 0.484 e. The topological polar surface area (TPSA) is 70.6 Å². The maximum Gasteiger partial charge on any atom is 0.260 e. The lowest BCUT2D eigenvalue weighted by molar-refractivity contribution is -0.133. The predicted molar refractivity (Wildman–Crippen MR) is 160 cm³/mol. The number of para-hydroxylation sites is 1. The number of fused-ring (bicyclic) bond motifs is 1. The summed E-state index contributed by atoms with van der Waals surface area (Å²) in [6.07, 6.45) is 0. The minimum atomic E-state index is 0.00493. The summed E-state index contributed by atoms with van der Waals surface area (Å²) in [5.74, 6) is 1.34. The van der Waals surface area contributed by atoms with E-state index in [4.69, 9.17) is 4.74 Å². The minimum absolute atomic E-state index is 0.00493. The first-order valence-electron chi connectivity index (χ1n) is 13.5. The van der Waals surface area contributed by atoms with E-state index in [0.29, 0.717) is 24.7 Å². The SMILES string of the molecule is Cc1ccc(-c2nnc(Nc3ccc(OCC(=O)N4CCN(c5ccccc5)CC4)cc3)c3ccccc23)cc1. The molecule has 7 heteroatoms. The highest BCUT2D eigenvalue weighted by Crippen LogP contribution is 2.31. The Morgan fingerprint density at radius 2 is 1.45 bits per heavy atom. The average Bonchev–Trinajstić information content (AvgIpc) is 3.02. The zero-order valence-electron chi connectivity index (χ0n) is 22.5. The molecule has 0 atom stereocenters. The molecular formula is C33H31N5O2. The molecule has 1 saturated heterocycles. The number of nitrogens with one attached hydrogen (secondary N) is 1. The van der Waals surface area contributed by atoms with Crippen LogP contribution in [-0.2, 0) is 4.79 Å². The number of piperazine rings is 1. The van der Waals surface area contributed by atoms with Crippen molar-refractivity contribution in [3.63, 3.8) is 0 Å². The lowest BCUT2D eigenvalue weighted by Crippen LogP contribution is -2.50. The molecule has 0 bridgehead atoms. The van der Waals surface area contributed by atoms with Crippen LogP contribution in [0.15, 0.2) is 103 Å². The maximum atomic E-state index is 12.7. The van der Waals surface area contributed by atoms with Crippen molar-refractivity contribution in [3.8, 4) is 17.0 Å².